The maximum atomic E-state index is 5.80. The van der Waals surface area contributed by atoms with E-state index in [4.69, 9.17) is 23.9 Å². The molecule has 1 aromatic carbocycles. The first kappa shape index (κ1) is 24.8. The van der Waals surface area contributed by atoms with Gasteiger partial charge < -0.3 is 29.6 Å². The van der Waals surface area contributed by atoms with Crippen molar-refractivity contribution >= 4 is 5.96 Å². The first-order valence-corrected chi connectivity index (χ1v) is 11.9. The number of morpholine rings is 1. The zero-order valence-electron chi connectivity index (χ0n) is 19.7. The van der Waals surface area contributed by atoms with Crippen LogP contribution in [0.5, 0.6) is 5.75 Å². The molecule has 0 spiro atoms. The highest BCUT2D eigenvalue weighted by atomic mass is 16.5. The van der Waals surface area contributed by atoms with Gasteiger partial charge in [0, 0.05) is 45.3 Å². The molecule has 3 rings (SSSR count). The van der Waals surface area contributed by atoms with Crippen LogP contribution in [0.25, 0.3) is 0 Å². The molecule has 32 heavy (non-hydrogen) atoms. The molecule has 0 aliphatic carbocycles. The molecule has 0 radical (unpaired) electrons. The highest BCUT2D eigenvalue weighted by molar-refractivity contribution is 5.79. The predicted octanol–water partition coefficient (Wildman–Crippen LogP) is 2.07. The zero-order chi connectivity index (χ0) is 22.4. The van der Waals surface area contributed by atoms with Gasteiger partial charge in [0.2, 0.25) is 0 Å². The van der Waals surface area contributed by atoms with E-state index in [2.05, 4.69) is 34.6 Å². The Hall–Kier alpha value is -1.87. The number of hydrogen-bond acceptors (Lipinski definition) is 6. The Morgan fingerprint density at radius 3 is 2.66 bits per heavy atom. The Bertz CT molecular complexity index is 658. The fourth-order valence-corrected chi connectivity index (χ4v) is 4.01. The Morgan fingerprint density at radius 2 is 1.97 bits per heavy atom. The second-order valence-corrected chi connectivity index (χ2v) is 8.24. The molecular formula is C24H40N4O4. The van der Waals surface area contributed by atoms with E-state index < -0.39 is 0 Å². The van der Waals surface area contributed by atoms with E-state index in [0.29, 0.717) is 12.5 Å². The molecule has 180 valence electrons. The van der Waals surface area contributed by atoms with Crippen molar-refractivity contribution in [2.75, 3.05) is 79.5 Å². The van der Waals surface area contributed by atoms with Gasteiger partial charge in [-0.05, 0) is 37.5 Å². The molecule has 1 aromatic rings. The van der Waals surface area contributed by atoms with E-state index in [-0.39, 0.29) is 6.04 Å². The number of methoxy groups -OCH3 is 1. The lowest BCUT2D eigenvalue weighted by molar-refractivity contribution is 0.0179. The Kier molecular flexibility index (Phi) is 11.1. The molecule has 2 fully saturated rings. The van der Waals surface area contributed by atoms with Crippen molar-refractivity contribution in [2.45, 2.75) is 25.8 Å². The summed E-state index contributed by atoms with van der Waals surface area (Å²) in [6, 6.07) is 8.53. The summed E-state index contributed by atoms with van der Waals surface area (Å²) >= 11 is 0. The van der Waals surface area contributed by atoms with Crippen LogP contribution in [0.15, 0.2) is 29.3 Å². The van der Waals surface area contributed by atoms with Crippen LogP contribution in [0.3, 0.4) is 0 Å². The van der Waals surface area contributed by atoms with Crippen molar-refractivity contribution in [3.63, 3.8) is 0 Å². The number of guanidine groups is 1. The van der Waals surface area contributed by atoms with Crippen molar-refractivity contribution in [2.24, 2.45) is 10.9 Å². The van der Waals surface area contributed by atoms with E-state index in [1.807, 2.05) is 12.1 Å². The molecule has 0 aromatic heterocycles. The topological polar surface area (TPSA) is 76.6 Å². The normalized spacial score (nSPS) is 20.8. The largest absolute Gasteiger partial charge is 0.497 e. The van der Waals surface area contributed by atoms with Crippen LogP contribution >= 0.6 is 0 Å². The van der Waals surface area contributed by atoms with Gasteiger partial charge in [-0.2, -0.15) is 0 Å². The van der Waals surface area contributed by atoms with Crippen LogP contribution in [0.2, 0.25) is 0 Å². The Morgan fingerprint density at radius 1 is 1.16 bits per heavy atom. The van der Waals surface area contributed by atoms with E-state index in [1.54, 1.807) is 7.11 Å². The summed E-state index contributed by atoms with van der Waals surface area (Å²) < 4.78 is 22.1. The van der Waals surface area contributed by atoms with Gasteiger partial charge in [-0.25, -0.2) is 0 Å². The van der Waals surface area contributed by atoms with E-state index >= 15 is 0 Å². The highest BCUT2D eigenvalue weighted by Crippen LogP contribution is 2.24. The van der Waals surface area contributed by atoms with Crippen molar-refractivity contribution in [3.05, 3.63) is 29.8 Å². The maximum Gasteiger partial charge on any atom is 0.191 e. The standard InChI is InChI=1S/C24H40N4O4/c1-3-25-24(26-10-4-13-31-18-20-9-14-32-19-20)27-17-23(28-11-15-30-16-12-28)21-5-7-22(29-2)8-6-21/h5-8,20,23H,3-4,9-19H2,1-2H3,(H2,25,26,27). The number of hydrogen-bond donors (Lipinski definition) is 2. The minimum absolute atomic E-state index is 0.206. The molecule has 2 saturated heterocycles. The average Bonchev–Trinajstić information content (AvgIpc) is 3.36. The quantitative estimate of drug-likeness (QED) is 0.288. The SMILES string of the molecule is CCNC(=NCC(c1ccc(OC)cc1)N1CCOCC1)NCCCOCC1CCOC1. The van der Waals surface area contributed by atoms with Crippen molar-refractivity contribution in [1.29, 1.82) is 0 Å². The summed E-state index contributed by atoms with van der Waals surface area (Å²) in [6.45, 7) is 11.1. The Balaban J connectivity index is 1.51. The number of rotatable bonds is 12. The minimum Gasteiger partial charge on any atom is -0.497 e. The summed E-state index contributed by atoms with van der Waals surface area (Å²) in [5.74, 6) is 2.29. The smallest absolute Gasteiger partial charge is 0.191 e. The molecule has 2 unspecified atom stereocenters. The average molecular weight is 449 g/mol. The molecule has 0 amide bonds. The van der Waals surface area contributed by atoms with Crippen LogP contribution in [0.1, 0.15) is 31.4 Å². The Labute approximate surface area is 192 Å². The number of aliphatic imine (C=N–C) groups is 1. The summed E-state index contributed by atoms with van der Waals surface area (Å²) in [5, 5.41) is 6.81. The van der Waals surface area contributed by atoms with Gasteiger partial charge in [-0.15, -0.1) is 0 Å². The van der Waals surface area contributed by atoms with Gasteiger partial charge in [-0.3, -0.25) is 9.89 Å². The first-order chi connectivity index (χ1) is 15.8. The van der Waals surface area contributed by atoms with Crippen LogP contribution in [-0.4, -0.2) is 90.3 Å². The summed E-state index contributed by atoms with van der Waals surface area (Å²) in [5.41, 5.74) is 1.25. The predicted molar refractivity (Wildman–Crippen MR) is 126 cm³/mol. The summed E-state index contributed by atoms with van der Waals surface area (Å²) in [4.78, 5) is 7.37. The monoisotopic (exact) mass is 448 g/mol. The van der Waals surface area contributed by atoms with Gasteiger partial charge in [0.1, 0.15) is 5.75 Å². The van der Waals surface area contributed by atoms with Crippen LogP contribution in [-0.2, 0) is 14.2 Å². The molecule has 2 atom stereocenters. The van der Waals surface area contributed by atoms with Gasteiger partial charge in [0.25, 0.3) is 0 Å². The first-order valence-electron chi connectivity index (χ1n) is 11.9. The zero-order valence-corrected chi connectivity index (χ0v) is 19.7. The molecule has 2 heterocycles. The third-order valence-electron chi connectivity index (χ3n) is 5.89. The number of nitrogens with one attached hydrogen (secondary N) is 2. The molecule has 0 bridgehead atoms. The molecule has 8 nitrogen and oxygen atoms in total. The lowest BCUT2D eigenvalue weighted by Crippen LogP contribution is -2.42. The molecule has 0 saturated carbocycles. The molecule has 8 heteroatoms. The molecular weight excluding hydrogens is 408 g/mol. The van der Waals surface area contributed by atoms with Crippen molar-refractivity contribution < 1.29 is 18.9 Å². The third kappa shape index (κ3) is 8.24. The van der Waals surface area contributed by atoms with Crippen LogP contribution in [0.4, 0.5) is 0 Å². The molecule has 2 aliphatic rings. The fourth-order valence-electron chi connectivity index (χ4n) is 4.01. The lowest BCUT2D eigenvalue weighted by atomic mass is 10.0. The summed E-state index contributed by atoms with van der Waals surface area (Å²) in [6.07, 6.45) is 2.07. The van der Waals surface area contributed by atoms with Gasteiger partial charge in [0.05, 0.1) is 46.1 Å². The van der Waals surface area contributed by atoms with Gasteiger partial charge in [-0.1, -0.05) is 12.1 Å². The van der Waals surface area contributed by atoms with Crippen molar-refractivity contribution in [3.8, 4) is 5.75 Å². The third-order valence-corrected chi connectivity index (χ3v) is 5.89. The number of benzene rings is 1. The van der Waals surface area contributed by atoms with E-state index in [0.717, 1.165) is 90.4 Å². The van der Waals surface area contributed by atoms with Crippen molar-refractivity contribution in [1.82, 2.24) is 15.5 Å². The number of ether oxygens (including phenoxy) is 4. The van der Waals surface area contributed by atoms with E-state index in [9.17, 15) is 0 Å². The second-order valence-electron chi connectivity index (χ2n) is 8.24. The highest BCUT2D eigenvalue weighted by Gasteiger charge is 2.22. The van der Waals surface area contributed by atoms with E-state index in [1.165, 1.54) is 5.56 Å². The minimum atomic E-state index is 0.206. The lowest BCUT2D eigenvalue weighted by Gasteiger charge is -2.34. The summed E-state index contributed by atoms with van der Waals surface area (Å²) in [7, 11) is 1.70. The van der Waals surface area contributed by atoms with Crippen LogP contribution in [0, 0.1) is 5.92 Å². The second kappa shape index (κ2) is 14.3. The van der Waals surface area contributed by atoms with Crippen LogP contribution < -0.4 is 15.4 Å². The van der Waals surface area contributed by atoms with Gasteiger partial charge in [0.15, 0.2) is 5.96 Å². The maximum absolute atomic E-state index is 5.80. The number of nitrogens with zero attached hydrogens (tertiary/aromatic N) is 2. The molecule has 2 N–H and O–H groups in total. The van der Waals surface area contributed by atoms with Gasteiger partial charge >= 0.3 is 0 Å². The fraction of sp³-hybridized carbons (Fsp3) is 0.708. The molecule has 2 aliphatic heterocycles.